The van der Waals surface area contributed by atoms with Gasteiger partial charge in [-0.25, -0.2) is 0 Å². The average molecular weight is 350 g/mol. The Balaban J connectivity index is 1.50. The molecule has 2 aromatic rings. The monoisotopic (exact) mass is 349 g/mol. The van der Waals surface area contributed by atoms with Crippen molar-refractivity contribution in [3.05, 3.63) is 77.9 Å². The highest BCUT2D eigenvalue weighted by Gasteiger charge is 2.09. The molecule has 0 atom stereocenters. The number of allylic oxidation sites excluding steroid dienone is 1. The quantitative estimate of drug-likeness (QED) is 0.577. The molecule has 3 rings (SSSR count). The lowest BCUT2D eigenvalue weighted by Gasteiger charge is -2.26. The highest BCUT2D eigenvalue weighted by atomic mass is 16.5. The molecule has 1 saturated heterocycles. The first kappa shape index (κ1) is 18.9. The highest BCUT2D eigenvalue weighted by molar-refractivity contribution is 5.65. The number of ether oxygens (including phenoxy) is 1. The second kappa shape index (κ2) is 10.9. The molecule has 0 N–H and O–H groups in total. The van der Waals surface area contributed by atoms with Crippen molar-refractivity contribution in [2.75, 3.05) is 32.8 Å². The zero-order valence-corrected chi connectivity index (χ0v) is 15.8. The zero-order chi connectivity index (χ0) is 17.9. The molecule has 1 heterocycles. The van der Waals surface area contributed by atoms with E-state index in [-0.39, 0.29) is 0 Å². The summed E-state index contributed by atoms with van der Waals surface area (Å²) in [7, 11) is 0. The van der Waals surface area contributed by atoms with E-state index in [1.54, 1.807) is 0 Å². The standard InChI is InChI=1S/C24H31NO/c1-3-10-22(11-4-1)12-7-8-15-24(23-13-5-2-6-14-23)16-9-17-25-18-20-26-21-19-25/h1-6,10-11,13-14,16H,7-9,12,15,17-21H2/b24-16-. The molecule has 0 aromatic heterocycles. The third-order valence-electron chi connectivity index (χ3n) is 5.09. The summed E-state index contributed by atoms with van der Waals surface area (Å²) in [5.74, 6) is 0. The first-order valence-corrected chi connectivity index (χ1v) is 10.0. The highest BCUT2D eigenvalue weighted by Crippen LogP contribution is 2.22. The van der Waals surface area contributed by atoms with Crippen LogP contribution in [0.25, 0.3) is 5.57 Å². The Hall–Kier alpha value is -1.90. The van der Waals surface area contributed by atoms with Crippen LogP contribution in [-0.2, 0) is 11.2 Å². The normalized spacial score (nSPS) is 15.9. The summed E-state index contributed by atoms with van der Waals surface area (Å²) in [4.78, 5) is 2.51. The maximum absolute atomic E-state index is 5.44. The third kappa shape index (κ3) is 6.44. The van der Waals surface area contributed by atoms with Crippen molar-refractivity contribution in [1.82, 2.24) is 4.90 Å². The van der Waals surface area contributed by atoms with Crippen LogP contribution in [0.4, 0.5) is 0 Å². The Kier molecular flexibility index (Phi) is 7.95. The van der Waals surface area contributed by atoms with Crippen LogP contribution in [0.5, 0.6) is 0 Å². The van der Waals surface area contributed by atoms with Crippen molar-refractivity contribution in [1.29, 1.82) is 0 Å². The minimum absolute atomic E-state index is 0.884. The first-order valence-electron chi connectivity index (χ1n) is 10.0. The fraction of sp³-hybridized carbons (Fsp3) is 0.417. The Morgan fingerprint density at radius 1 is 0.885 bits per heavy atom. The van der Waals surface area contributed by atoms with E-state index in [2.05, 4.69) is 71.6 Å². The molecule has 0 radical (unpaired) electrons. The summed E-state index contributed by atoms with van der Waals surface area (Å²) >= 11 is 0. The number of hydrogen-bond acceptors (Lipinski definition) is 2. The lowest BCUT2D eigenvalue weighted by Crippen LogP contribution is -2.36. The molecule has 2 aromatic carbocycles. The molecule has 0 bridgehead atoms. The van der Waals surface area contributed by atoms with Crippen LogP contribution in [0.1, 0.15) is 36.8 Å². The van der Waals surface area contributed by atoms with E-state index < -0.39 is 0 Å². The van der Waals surface area contributed by atoms with Gasteiger partial charge in [0.2, 0.25) is 0 Å². The molecule has 1 aliphatic rings. The molecule has 0 aliphatic carbocycles. The van der Waals surface area contributed by atoms with Gasteiger partial charge < -0.3 is 4.74 Å². The van der Waals surface area contributed by atoms with Crippen molar-refractivity contribution in [2.24, 2.45) is 0 Å². The number of nitrogens with zero attached hydrogens (tertiary/aromatic N) is 1. The average Bonchev–Trinajstić information content (AvgIpc) is 2.72. The maximum atomic E-state index is 5.44. The molecule has 0 saturated carbocycles. The minimum Gasteiger partial charge on any atom is -0.379 e. The molecule has 0 unspecified atom stereocenters. The largest absolute Gasteiger partial charge is 0.379 e. The number of unbranched alkanes of at least 4 members (excludes halogenated alkanes) is 1. The van der Waals surface area contributed by atoms with Crippen LogP contribution >= 0.6 is 0 Å². The van der Waals surface area contributed by atoms with Crippen LogP contribution < -0.4 is 0 Å². The molecular weight excluding hydrogens is 318 g/mol. The SMILES string of the molecule is C(/CCN1CCOCC1)=C(\CCCCc1ccccc1)c1ccccc1. The van der Waals surface area contributed by atoms with Crippen LogP contribution in [0.2, 0.25) is 0 Å². The van der Waals surface area contributed by atoms with Crippen molar-refractivity contribution < 1.29 is 4.74 Å². The van der Waals surface area contributed by atoms with Gasteiger partial charge in [0.1, 0.15) is 0 Å². The molecule has 1 aliphatic heterocycles. The van der Waals surface area contributed by atoms with Gasteiger partial charge in [0.05, 0.1) is 13.2 Å². The summed E-state index contributed by atoms with van der Waals surface area (Å²) in [5.41, 5.74) is 4.34. The van der Waals surface area contributed by atoms with Crippen molar-refractivity contribution in [3.8, 4) is 0 Å². The topological polar surface area (TPSA) is 12.5 Å². The third-order valence-corrected chi connectivity index (χ3v) is 5.09. The second-order valence-corrected chi connectivity index (χ2v) is 7.03. The number of morpholine rings is 1. The Bertz CT molecular complexity index is 644. The minimum atomic E-state index is 0.884. The molecule has 1 fully saturated rings. The van der Waals surface area contributed by atoms with E-state index in [1.807, 2.05) is 0 Å². The fourth-order valence-electron chi connectivity index (χ4n) is 3.55. The van der Waals surface area contributed by atoms with Crippen molar-refractivity contribution in [2.45, 2.75) is 32.1 Å². The lowest BCUT2D eigenvalue weighted by molar-refractivity contribution is 0.0387. The summed E-state index contributed by atoms with van der Waals surface area (Å²) < 4.78 is 5.44. The predicted molar refractivity (Wildman–Crippen MR) is 110 cm³/mol. The molecule has 2 nitrogen and oxygen atoms in total. The van der Waals surface area contributed by atoms with E-state index in [9.17, 15) is 0 Å². The van der Waals surface area contributed by atoms with E-state index in [0.717, 1.165) is 39.3 Å². The van der Waals surface area contributed by atoms with Crippen molar-refractivity contribution >= 4 is 5.57 Å². The van der Waals surface area contributed by atoms with E-state index in [0.29, 0.717) is 0 Å². The van der Waals surface area contributed by atoms with Gasteiger partial charge in [0.15, 0.2) is 0 Å². The molecule has 0 amide bonds. The zero-order valence-electron chi connectivity index (χ0n) is 15.8. The van der Waals surface area contributed by atoms with Gasteiger partial charge in [-0.1, -0.05) is 66.7 Å². The Morgan fingerprint density at radius 2 is 1.58 bits per heavy atom. The second-order valence-electron chi connectivity index (χ2n) is 7.03. The number of aryl methyl sites for hydroxylation is 1. The van der Waals surface area contributed by atoms with Gasteiger partial charge in [-0.15, -0.1) is 0 Å². The predicted octanol–water partition coefficient (Wildman–Crippen LogP) is 5.21. The van der Waals surface area contributed by atoms with Gasteiger partial charge in [-0.2, -0.15) is 0 Å². The summed E-state index contributed by atoms with van der Waals surface area (Å²) in [6.45, 7) is 5.06. The number of hydrogen-bond donors (Lipinski definition) is 0. The van der Waals surface area contributed by atoms with Gasteiger partial charge in [0, 0.05) is 19.6 Å². The van der Waals surface area contributed by atoms with Gasteiger partial charge >= 0.3 is 0 Å². The van der Waals surface area contributed by atoms with Crippen LogP contribution in [-0.4, -0.2) is 37.7 Å². The fourth-order valence-corrected chi connectivity index (χ4v) is 3.55. The maximum Gasteiger partial charge on any atom is 0.0594 e. The van der Waals surface area contributed by atoms with Gasteiger partial charge in [-0.05, 0) is 48.8 Å². The molecule has 0 spiro atoms. The molecule has 2 heteroatoms. The molecule has 26 heavy (non-hydrogen) atoms. The summed E-state index contributed by atoms with van der Waals surface area (Å²) in [6, 6.07) is 21.7. The molecule has 138 valence electrons. The van der Waals surface area contributed by atoms with E-state index >= 15 is 0 Å². The first-order chi connectivity index (χ1) is 12.9. The molecular formula is C24H31NO. The Labute approximate surface area is 158 Å². The van der Waals surface area contributed by atoms with Crippen molar-refractivity contribution in [3.63, 3.8) is 0 Å². The van der Waals surface area contributed by atoms with E-state index in [1.165, 1.54) is 42.4 Å². The summed E-state index contributed by atoms with van der Waals surface area (Å²) in [6.07, 6.45) is 8.43. The smallest absolute Gasteiger partial charge is 0.0594 e. The van der Waals surface area contributed by atoms with E-state index in [4.69, 9.17) is 4.74 Å². The van der Waals surface area contributed by atoms with Gasteiger partial charge in [0.25, 0.3) is 0 Å². The summed E-state index contributed by atoms with van der Waals surface area (Å²) in [5, 5.41) is 0. The van der Waals surface area contributed by atoms with Crippen LogP contribution in [0.3, 0.4) is 0 Å². The number of rotatable bonds is 9. The number of benzene rings is 2. The van der Waals surface area contributed by atoms with Crippen LogP contribution in [0.15, 0.2) is 66.7 Å². The lowest BCUT2D eigenvalue weighted by atomic mass is 9.97. The van der Waals surface area contributed by atoms with Gasteiger partial charge in [-0.3, -0.25) is 4.90 Å². The Morgan fingerprint density at radius 3 is 2.31 bits per heavy atom. The van der Waals surface area contributed by atoms with Crippen LogP contribution in [0, 0.1) is 0 Å².